The Bertz CT molecular complexity index is 724. The molecule has 11 nitrogen and oxygen atoms in total. The standard InChI is InChI=1S/C15H18N2O9/c1-4-22-13(18)10-8(7-25-16-10)9-11(14(19)23-5-2)17(21)26-12(9)15(20)24-6-3/h7,9,12H,4-6H2,1-3H3/t9-,12+/m1/s1. The molecule has 0 saturated heterocycles. The van der Waals surface area contributed by atoms with Crippen molar-refractivity contribution in [2.45, 2.75) is 32.8 Å². The normalized spacial score (nSPS) is 19.0. The SMILES string of the molecule is CCOC(=O)C1=[N+]([O-])O[C@H](C(=O)OCC)[C@@H]1c1conc1C(=O)OCC. The molecule has 11 heteroatoms. The molecule has 2 heterocycles. The summed E-state index contributed by atoms with van der Waals surface area (Å²) < 4.78 is 19.4. The highest BCUT2D eigenvalue weighted by molar-refractivity contribution is 6.37. The van der Waals surface area contributed by atoms with E-state index in [1.165, 1.54) is 0 Å². The molecule has 0 spiro atoms. The molecule has 0 fully saturated rings. The van der Waals surface area contributed by atoms with Crippen molar-refractivity contribution in [1.29, 1.82) is 0 Å². The number of hydrogen-bond donors (Lipinski definition) is 0. The van der Waals surface area contributed by atoms with Gasteiger partial charge in [-0.15, -0.1) is 0 Å². The molecule has 2 atom stereocenters. The maximum Gasteiger partial charge on any atom is 0.405 e. The van der Waals surface area contributed by atoms with Crippen LogP contribution in [-0.4, -0.2) is 59.6 Å². The number of aromatic nitrogens is 1. The van der Waals surface area contributed by atoms with Crippen molar-refractivity contribution in [3.05, 3.63) is 22.7 Å². The van der Waals surface area contributed by atoms with Gasteiger partial charge in [-0.25, -0.2) is 9.59 Å². The van der Waals surface area contributed by atoms with E-state index in [0.717, 1.165) is 6.26 Å². The van der Waals surface area contributed by atoms with E-state index in [9.17, 15) is 19.6 Å². The van der Waals surface area contributed by atoms with Crippen LogP contribution in [0.25, 0.3) is 0 Å². The predicted molar refractivity (Wildman–Crippen MR) is 82.0 cm³/mol. The Hall–Kier alpha value is -3.11. The third kappa shape index (κ3) is 3.60. The third-order valence-electron chi connectivity index (χ3n) is 3.41. The Morgan fingerprint density at radius 3 is 2.35 bits per heavy atom. The van der Waals surface area contributed by atoms with Crippen LogP contribution in [0.15, 0.2) is 10.8 Å². The fourth-order valence-corrected chi connectivity index (χ4v) is 2.42. The molecule has 0 N–H and O–H groups in total. The fraction of sp³-hybridized carbons (Fsp3) is 0.533. The van der Waals surface area contributed by atoms with Gasteiger partial charge in [0, 0.05) is 5.56 Å². The quantitative estimate of drug-likeness (QED) is 0.374. The monoisotopic (exact) mass is 370 g/mol. The lowest BCUT2D eigenvalue weighted by Crippen LogP contribution is -2.35. The van der Waals surface area contributed by atoms with Crippen LogP contribution in [0.4, 0.5) is 0 Å². The van der Waals surface area contributed by atoms with Gasteiger partial charge in [-0.2, -0.15) is 0 Å². The smallest absolute Gasteiger partial charge is 0.405 e. The lowest BCUT2D eigenvalue weighted by Gasteiger charge is -2.16. The Morgan fingerprint density at radius 1 is 1.12 bits per heavy atom. The zero-order valence-corrected chi connectivity index (χ0v) is 14.4. The molecule has 0 saturated carbocycles. The Balaban J connectivity index is 2.50. The van der Waals surface area contributed by atoms with Crippen LogP contribution in [-0.2, 0) is 28.6 Å². The molecular formula is C15H18N2O9. The first-order valence-corrected chi connectivity index (χ1v) is 7.92. The van der Waals surface area contributed by atoms with Crippen LogP contribution in [0.3, 0.4) is 0 Å². The first-order chi connectivity index (χ1) is 12.5. The van der Waals surface area contributed by atoms with Gasteiger partial charge in [-0.3, -0.25) is 10.0 Å². The van der Waals surface area contributed by atoms with Gasteiger partial charge in [-0.1, -0.05) is 5.16 Å². The summed E-state index contributed by atoms with van der Waals surface area (Å²) in [6, 6.07) is 0. The summed E-state index contributed by atoms with van der Waals surface area (Å²) in [6.45, 7) is 4.78. The van der Waals surface area contributed by atoms with Crippen molar-refractivity contribution in [1.82, 2.24) is 5.16 Å². The number of carbonyl (C=O) groups is 3. The predicted octanol–water partition coefficient (Wildman–Crippen LogP) is 0.326. The number of hydrogen-bond acceptors (Lipinski definition) is 10. The molecular weight excluding hydrogens is 352 g/mol. The van der Waals surface area contributed by atoms with E-state index in [-0.39, 0.29) is 36.0 Å². The highest BCUT2D eigenvalue weighted by Gasteiger charge is 2.52. The van der Waals surface area contributed by atoms with Crippen molar-refractivity contribution in [3.63, 3.8) is 0 Å². The minimum absolute atomic E-state index is 0.0126. The van der Waals surface area contributed by atoms with E-state index in [0.29, 0.717) is 0 Å². The molecule has 2 rings (SSSR count). The minimum Gasteiger partial charge on any atom is -0.465 e. The molecule has 1 aliphatic heterocycles. The minimum atomic E-state index is -1.51. The molecule has 0 aromatic carbocycles. The van der Waals surface area contributed by atoms with Crippen LogP contribution >= 0.6 is 0 Å². The molecule has 0 bridgehead atoms. The molecule has 0 radical (unpaired) electrons. The van der Waals surface area contributed by atoms with Crippen molar-refractivity contribution >= 4 is 23.6 Å². The number of esters is 3. The highest BCUT2D eigenvalue weighted by atomic mass is 16.9. The van der Waals surface area contributed by atoms with E-state index in [4.69, 9.17) is 23.6 Å². The number of carbonyl (C=O) groups excluding carboxylic acids is 3. The summed E-state index contributed by atoms with van der Waals surface area (Å²) in [5.41, 5.74) is -0.839. The van der Waals surface area contributed by atoms with Crippen molar-refractivity contribution in [2.75, 3.05) is 19.8 Å². The molecule has 0 unspecified atom stereocenters. The van der Waals surface area contributed by atoms with Crippen molar-refractivity contribution in [2.24, 2.45) is 0 Å². The molecule has 26 heavy (non-hydrogen) atoms. The largest absolute Gasteiger partial charge is 0.465 e. The summed E-state index contributed by atoms with van der Waals surface area (Å²) >= 11 is 0. The second-order valence-corrected chi connectivity index (χ2v) is 4.96. The third-order valence-corrected chi connectivity index (χ3v) is 3.41. The van der Waals surface area contributed by atoms with Gasteiger partial charge < -0.3 is 23.6 Å². The van der Waals surface area contributed by atoms with Gasteiger partial charge in [0.1, 0.15) is 12.2 Å². The van der Waals surface area contributed by atoms with Gasteiger partial charge in [0.2, 0.25) is 0 Å². The molecule has 1 aliphatic rings. The Labute approximate surface area is 148 Å². The summed E-state index contributed by atoms with van der Waals surface area (Å²) in [7, 11) is 0. The van der Waals surface area contributed by atoms with Crippen LogP contribution in [0, 0.1) is 5.21 Å². The van der Waals surface area contributed by atoms with E-state index in [1.807, 2.05) is 0 Å². The zero-order chi connectivity index (χ0) is 19.3. The van der Waals surface area contributed by atoms with Gasteiger partial charge in [-0.05, 0) is 20.8 Å². The van der Waals surface area contributed by atoms with Crippen LogP contribution in [0.1, 0.15) is 42.7 Å². The van der Waals surface area contributed by atoms with Gasteiger partial charge in [0.25, 0.3) is 0 Å². The second-order valence-electron chi connectivity index (χ2n) is 4.96. The van der Waals surface area contributed by atoms with E-state index in [2.05, 4.69) is 5.16 Å². The zero-order valence-electron chi connectivity index (χ0n) is 14.4. The molecule has 1 aromatic heterocycles. The number of rotatable bonds is 7. The van der Waals surface area contributed by atoms with Crippen LogP contribution in [0.5, 0.6) is 0 Å². The Morgan fingerprint density at radius 2 is 1.73 bits per heavy atom. The molecule has 0 aliphatic carbocycles. The maximum absolute atomic E-state index is 12.2. The lowest BCUT2D eigenvalue weighted by molar-refractivity contribution is -0.736. The topological polar surface area (TPSA) is 140 Å². The molecule has 0 amide bonds. The van der Waals surface area contributed by atoms with Crippen molar-refractivity contribution in [3.8, 4) is 0 Å². The van der Waals surface area contributed by atoms with Crippen LogP contribution < -0.4 is 0 Å². The van der Waals surface area contributed by atoms with E-state index >= 15 is 0 Å². The number of ether oxygens (including phenoxy) is 3. The summed E-state index contributed by atoms with van der Waals surface area (Å²) in [5.74, 6) is -4.05. The maximum atomic E-state index is 12.2. The van der Waals surface area contributed by atoms with E-state index in [1.54, 1.807) is 20.8 Å². The van der Waals surface area contributed by atoms with Crippen molar-refractivity contribution < 1.29 is 42.9 Å². The first kappa shape index (κ1) is 19.2. The van der Waals surface area contributed by atoms with Gasteiger partial charge >= 0.3 is 23.6 Å². The average molecular weight is 370 g/mol. The average Bonchev–Trinajstić information content (AvgIpc) is 3.19. The van der Waals surface area contributed by atoms with Crippen LogP contribution in [0.2, 0.25) is 0 Å². The van der Waals surface area contributed by atoms with Gasteiger partial charge in [0.15, 0.2) is 11.8 Å². The summed E-state index contributed by atoms with van der Waals surface area (Å²) in [5, 5.41) is 15.6. The van der Waals surface area contributed by atoms with E-state index < -0.39 is 35.6 Å². The molecule has 142 valence electrons. The fourth-order valence-electron chi connectivity index (χ4n) is 2.42. The second kappa shape index (κ2) is 8.32. The van der Waals surface area contributed by atoms with Gasteiger partial charge in [0.05, 0.1) is 24.7 Å². The lowest BCUT2D eigenvalue weighted by atomic mass is 9.89. The summed E-state index contributed by atoms with van der Waals surface area (Å²) in [6.07, 6.45) is -0.482. The first-order valence-electron chi connectivity index (χ1n) is 7.92. The number of nitrogens with zero attached hydrogens (tertiary/aromatic N) is 2. The Kier molecular flexibility index (Phi) is 6.15. The summed E-state index contributed by atoms with van der Waals surface area (Å²) in [4.78, 5) is 41.2. The molecule has 1 aromatic rings. The highest BCUT2D eigenvalue weighted by Crippen LogP contribution is 2.32.